The molecule has 0 atom stereocenters. The molecule has 0 bridgehead atoms. The Labute approximate surface area is 190 Å². The molecule has 3 nitrogen and oxygen atoms in total. The number of hydrogen-bond acceptors (Lipinski definition) is 3. The summed E-state index contributed by atoms with van der Waals surface area (Å²) in [7, 11) is 1.58. The van der Waals surface area contributed by atoms with E-state index >= 15 is 0 Å². The van der Waals surface area contributed by atoms with Crippen molar-refractivity contribution in [3.05, 3.63) is 82.7 Å². The van der Waals surface area contributed by atoms with Gasteiger partial charge in [-0.1, -0.05) is 18.2 Å². The number of methoxy groups -OCH3 is 1. The molecule has 0 radical (unpaired) electrons. The molecule has 0 saturated heterocycles. The fourth-order valence-electron chi connectivity index (χ4n) is 4.79. The number of allylic oxidation sites excluding steroid dienone is 1. The van der Waals surface area contributed by atoms with E-state index in [4.69, 9.17) is 4.74 Å². The molecule has 1 aliphatic rings. The molecule has 1 aliphatic heterocycles. The maximum Gasteiger partial charge on any atom is 0.129 e. The van der Waals surface area contributed by atoms with Crippen molar-refractivity contribution in [2.45, 2.75) is 46.7 Å². The molecule has 4 rings (SSSR count). The van der Waals surface area contributed by atoms with Gasteiger partial charge in [0.15, 0.2) is 0 Å². The summed E-state index contributed by atoms with van der Waals surface area (Å²) in [6.45, 7) is 11.3. The fourth-order valence-corrected chi connectivity index (χ4v) is 4.79. The molecule has 3 aromatic rings. The van der Waals surface area contributed by atoms with Gasteiger partial charge in [-0.3, -0.25) is 0 Å². The van der Waals surface area contributed by atoms with Crippen molar-refractivity contribution in [3.8, 4) is 16.9 Å². The molecule has 1 heterocycles. The van der Waals surface area contributed by atoms with Gasteiger partial charge >= 0.3 is 0 Å². The van der Waals surface area contributed by atoms with E-state index < -0.39 is 0 Å². The van der Waals surface area contributed by atoms with Gasteiger partial charge in [0.1, 0.15) is 11.6 Å². The summed E-state index contributed by atoms with van der Waals surface area (Å²) >= 11 is 0. The second-order valence-electron chi connectivity index (χ2n) is 9.26. The number of fused-ring (bicyclic) bond motifs is 1. The number of benzene rings is 3. The Kier molecular flexibility index (Phi) is 5.72. The van der Waals surface area contributed by atoms with Gasteiger partial charge in [0, 0.05) is 35.1 Å². The Morgan fingerprint density at radius 2 is 1.62 bits per heavy atom. The first-order valence-electron chi connectivity index (χ1n) is 11.0. The minimum absolute atomic E-state index is 0.121. The maximum absolute atomic E-state index is 13.9. The van der Waals surface area contributed by atoms with Gasteiger partial charge in [0.05, 0.1) is 12.6 Å². The quantitative estimate of drug-likeness (QED) is 0.444. The molecular formula is C28H31FN2O. The molecule has 2 N–H and O–H groups in total. The third kappa shape index (κ3) is 4.36. The van der Waals surface area contributed by atoms with E-state index in [0.29, 0.717) is 12.3 Å². The van der Waals surface area contributed by atoms with Gasteiger partial charge in [-0.15, -0.1) is 0 Å². The monoisotopic (exact) mass is 430 g/mol. The highest BCUT2D eigenvalue weighted by Crippen LogP contribution is 2.42. The lowest BCUT2D eigenvalue weighted by atomic mass is 9.85. The predicted octanol–water partition coefficient (Wildman–Crippen LogP) is 7.34. The molecule has 3 aromatic carbocycles. The molecule has 0 saturated carbocycles. The van der Waals surface area contributed by atoms with Crippen LogP contribution in [0.5, 0.6) is 5.75 Å². The second kappa shape index (κ2) is 8.34. The molecule has 32 heavy (non-hydrogen) atoms. The number of aryl methyl sites for hydroxylation is 2. The highest BCUT2D eigenvalue weighted by Gasteiger charge is 2.26. The van der Waals surface area contributed by atoms with Gasteiger partial charge < -0.3 is 15.4 Å². The normalized spacial score (nSPS) is 14.3. The average molecular weight is 431 g/mol. The summed E-state index contributed by atoms with van der Waals surface area (Å²) in [5, 5.41) is 7.27. The molecule has 0 amide bonds. The lowest BCUT2D eigenvalue weighted by Gasteiger charge is -2.33. The number of anilines is 2. The van der Waals surface area contributed by atoms with E-state index in [1.807, 2.05) is 0 Å². The van der Waals surface area contributed by atoms with E-state index in [1.54, 1.807) is 13.2 Å². The van der Waals surface area contributed by atoms with Crippen LogP contribution in [0.3, 0.4) is 0 Å². The first-order chi connectivity index (χ1) is 15.2. The van der Waals surface area contributed by atoms with Crippen molar-refractivity contribution in [1.29, 1.82) is 0 Å². The molecule has 0 fully saturated rings. The van der Waals surface area contributed by atoms with Crippen molar-refractivity contribution in [2.24, 2.45) is 0 Å². The van der Waals surface area contributed by atoms with E-state index in [1.165, 1.54) is 34.4 Å². The Morgan fingerprint density at radius 1 is 0.938 bits per heavy atom. The van der Waals surface area contributed by atoms with Gasteiger partial charge in [-0.2, -0.15) is 0 Å². The third-order valence-corrected chi connectivity index (χ3v) is 5.89. The Bertz CT molecular complexity index is 1190. The fraction of sp³-hybridized carbons (Fsp3) is 0.286. The van der Waals surface area contributed by atoms with Crippen LogP contribution in [0.4, 0.5) is 15.8 Å². The lowest BCUT2D eigenvalue weighted by Crippen LogP contribution is -2.32. The Hall–Kier alpha value is -3.27. The van der Waals surface area contributed by atoms with E-state index in [9.17, 15) is 4.39 Å². The zero-order valence-electron chi connectivity index (χ0n) is 19.7. The minimum atomic E-state index is -0.307. The summed E-state index contributed by atoms with van der Waals surface area (Å²) < 4.78 is 19.4. The number of ether oxygens (including phenoxy) is 1. The van der Waals surface area contributed by atoms with Crippen molar-refractivity contribution in [2.75, 3.05) is 17.7 Å². The second-order valence-corrected chi connectivity index (χ2v) is 9.26. The number of halogens is 1. The van der Waals surface area contributed by atoms with Crippen LogP contribution in [-0.2, 0) is 6.54 Å². The zero-order valence-corrected chi connectivity index (χ0v) is 19.7. The number of nitrogens with one attached hydrogen (secondary N) is 2. The van der Waals surface area contributed by atoms with Crippen molar-refractivity contribution >= 4 is 16.9 Å². The van der Waals surface area contributed by atoms with E-state index in [0.717, 1.165) is 28.1 Å². The first kappa shape index (κ1) is 21.9. The molecule has 0 unspecified atom stereocenters. The summed E-state index contributed by atoms with van der Waals surface area (Å²) in [6.07, 6.45) is 2.27. The molecule has 0 spiro atoms. The van der Waals surface area contributed by atoms with E-state index in [2.05, 4.69) is 81.7 Å². The minimum Gasteiger partial charge on any atom is -0.496 e. The Balaban J connectivity index is 1.87. The van der Waals surface area contributed by atoms with Gasteiger partial charge in [-0.05, 0) is 92.8 Å². The molecule has 0 aromatic heterocycles. The lowest BCUT2D eigenvalue weighted by molar-refractivity contribution is 0.413. The van der Waals surface area contributed by atoms with Crippen LogP contribution in [0, 0.1) is 19.7 Å². The smallest absolute Gasteiger partial charge is 0.129 e. The van der Waals surface area contributed by atoms with Crippen molar-refractivity contribution in [1.82, 2.24) is 0 Å². The summed E-state index contributed by atoms with van der Waals surface area (Å²) in [6, 6.07) is 15.4. The van der Waals surface area contributed by atoms with Gasteiger partial charge in [-0.25, -0.2) is 4.39 Å². The summed E-state index contributed by atoms with van der Waals surface area (Å²) in [5.74, 6) is 0.223. The Morgan fingerprint density at radius 3 is 2.31 bits per heavy atom. The van der Waals surface area contributed by atoms with Crippen LogP contribution >= 0.6 is 0 Å². The molecule has 4 heteroatoms. The largest absolute Gasteiger partial charge is 0.496 e. The molecule has 0 aliphatic carbocycles. The molecular weight excluding hydrogens is 399 g/mol. The van der Waals surface area contributed by atoms with Crippen LogP contribution in [0.25, 0.3) is 16.7 Å². The standard InChI is InChI=1S/C28H31FN2O/c1-17-11-18(2)13-21(12-17)30-16-24-22(23-8-7-20(29)14-26(23)32-6)9-10-25-27(24)19(3)15-28(4,5)31-25/h7-15,30-31H,16H2,1-6H3. The highest BCUT2D eigenvalue weighted by molar-refractivity contribution is 5.88. The van der Waals surface area contributed by atoms with Crippen molar-refractivity contribution < 1.29 is 9.13 Å². The van der Waals surface area contributed by atoms with Gasteiger partial charge in [0.2, 0.25) is 0 Å². The maximum atomic E-state index is 13.9. The number of hydrogen-bond donors (Lipinski definition) is 2. The van der Waals surface area contributed by atoms with Gasteiger partial charge in [0.25, 0.3) is 0 Å². The molecule has 166 valence electrons. The van der Waals surface area contributed by atoms with E-state index in [-0.39, 0.29) is 11.4 Å². The topological polar surface area (TPSA) is 33.3 Å². The third-order valence-electron chi connectivity index (χ3n) is 5.89. The van der Waals surface area contributed by atoms with Crippen LogP contribution in [-0.4, -0.2) is 12.6 Å². The zero-order chi connectivity index (χ0) is 23.0. The van der Waals surface area contributed by atoms with Crippen LogP contribution in [0.15, 0.2) is 54.6 Å². The van der Waals surface area contributed by atoms with Crippen LogP contribution in [0.2, 0.25) is 0 Å². The average Bonchev–Trinajstić information content (AvgIpc) is 2.70. The SMILES string of the molecule is COc1cc(F)ccc1-c1ccc2c(c1CNc1cc(C)cc(C)c1)C(C)=CC(C)(C)N2. The predicted molar refractivity (Wildman–Crippen MR) is 133 cm³/mol. The summed E-state index contributed by atoms with van der Waals surface area (Å²) in [4.78, 5) is 0. The first-order valence-corrected chi connectivity index (χ1v) is 11.0. The van der Waals surface area contributed by atoms with Crippen molar-refractivity contribution in [3.63, 3.8) is 0 Å². The van der Waals surface area contributed by atoms with Crippen LogP contribution in [0.1, 0.15) is 43.0 Å². The summed E-state index contributed by atoms with van der Waals surface area (Å²) in [5.41, 5.74) is 10.0. The van der Waals surface area contributed by atoms with Crippen LogP contribution < -0.4 is 15.4 Å². The number of rotatable bonds is 5. The highest BCUT2D eigenvalue weighted by atomic mass is 19.1.